The molecular weight excluding hydrogens is 268 g/mol. The predicted molar refractivity (Wildman–Crippen MR) is 83.2 cm³/mol. The molecule has 1 aromatic carbocycles. The van der Waals surface area contributed by atoms with Crippen LogP contribution in [0.5, 0.6) is 11.5 Å². The van der Waals surface area contributed by atoms with E-state index in [0.717, 1.165) is 5.56 Å². The van der Waals surface area contributed by atoms with Crippen molar-refractivity contribution in [1.82, 2.24) is 0 Å². The molecule has 0 bridgehead atoms. The molecule has 1 aromatic rings. The maximum Gasteiger partial charge on any atom is 0.309 e. The third-order valence-electron chi connectivity index (χ3n) is 4.26. The standard InChI is InChI=1S/C17H26O4/c1-7-17(4,15(18)19)11-16(2,3)12-8-13(20-5)10-14(9-12)21-6/h8-10H,7,11H2,1-6H3,(H,18,19). The fraction of sp³-hybridized carbons (Fsp3) is 0.588. The van der Waals surface area contributed by atoms with Crippen LogP contribution in [-0.2, 0) is 10.2 Å². The zero-order valence-corrected chi connectivity index (χ0v) is 13.8. The molecule has 0 radical (unpaired) electrons. The molecule has 0 aliphatic carbocycles. The first-order chi connectivity index (χ1) is 9.68. The van der Waals surface area contributed by atoms with E-state index in [1.807, 2.05) is 25.1 Å². The van der Waals surface area contributed by atoms with Gasteiger partial charge in [-0.25, -0.2) is 0 Å². The lowest BCUT2D eigenvalue weighted by molar-refractivity contribution is -0.149. The summed E-state index contributed by atoms with van der Waals surface area (Å²) in [5, 5.41) is 9.49. The molecule has 0 spiro atoms. The number of carboxylic acids is 1. The second-order valence-corrected chi connectivity index (χ2v) is 6.38. The van der Waals surface area contributed by atoms with Gasteiger partial charge in [0.1, 0.15) is 11.5 Å². The van der Waals surface area contributed by atoms with Gasteiger partial charge in [0.25, 0.3) is 0 Å². The fourth-order valence-electron chi connectivity index (χ4n) is 2.63. The number of benzene rings is 1. The van der Waals surface area contributed by atoms with Crippen molar-refractivity contribution in [1.29, 1.82) is 0 Å². The summed E-state index contributed by atoms with van der Waals surface area (Å²) >= 11 is 0. The molecule has 0 saturated carbocycles. The summed E-state index contributed by atoms with van der Waals surface area (Å²) in [6.07, 6.45) is 1.13. The van der Waals surface area contributed by atoms with Gasteiger partial charge in [-0.05, 0) is 42.9 Å². The van der Waals surface area contributed by atoms with E-state index in [1.165, 1.54) is 0 Å². The van der Waals surface area contributed by atoms with Crippen molar-refractivity contribution in [3.05, 3.63) is 23.8 Å². The van der Waals surface area contributed by atoms with Crippen LogP contribution in [0.3, 0.4) is 0 Å². The molecule has 21 heavy (non-hydrogen) atoms. The van der Waals surface area contributed by atoms with Crippen molar-refractivity contribution in [2.75, 3.05) is 14.2 Å². The Hall–Kier alpha value is -1.71. The Bertz CT molecular complexity index is 485. The van der Waals surface area contributed by atoms with Gasteiger partial charge >= 0.3 is 5.97 Å². The van der Waals surface area contributed by atoms with E-state index >= 15 is 0 Å². The molecule has 0 aliphatic heterocycles. The van der Waals surface area contributed by atoms with Crippen molar-refractivity contribution in [2.45, 2.75) is 46.0 Å². The molecule has 0 aromatic heterocycles. The van der Waals surface area contributed by atoms with E-state index in [9.17, 15) is 9.90 Å². The van der Waals surface area contributed by atoms with Crippen LogP contribution in [0.1, 0.15) is 46.1 Å². The molecule has 0 heterocycles. The van der Waals surface area contributed by atoms with Crippen molar-refractivity contribution < 1.29 is 19.4 Å². The molecule has 118 valence electrons. The molecule has 1 atom stereocenters. The summed E-state index contributed by atoms with van der Waals surface area (Å²) in [6, 6.07) is 5.71. The van der Waals surface area contributed by atoms with Gasteiger partial charge in [0.15, 0.2) is 0 Å². The van der Waals surface area contributed by atoms with Gasteiger partial charge in [-0.3, -0.25) is 4.79 Å². The lowest BCUT2D eigenvalue weighted by Gasteiger charge is -2.34. The van der Waals surface area contributed by atoms with Crippen LogP contribution in [-0.4, -0.2) is 25.3 Å². The summed E-state index contributed by atoms with van der Waals surface area (Å²) in [4.78, 5) is 11.6. The highest BCUT2D eigenvalue weighted by Crippen LogP contribution is 2.41. The van der Waals surface area contributed by atoms with E-state index in [-0.39, 0.29) is 5.41 Å². The Labute approximate surface area is 127 Å². The van der Waals surface area contributed by atoms with Crippen LogP contribution < -0.4 is 9.47 Å². The third kappa shape index (κ3) is 3.90. The van der Waals surface area contributed by atoms with Crippen molar-refractivity contribution in [2.24, 2.45) is 5.41 Å². The number of methoxy groups -OCH3 is 2. The Morgan fingerprint density at radius 2 is 1.57 bits per heavy atom. The van der Waals surface area contributed by atoms with E-state index in [1.54, 1.807) is 21.1 Å². The van der Waals surface area contributed by atoms with Gasteiger partial charge in [0.2, 0.25) is 0 Å². The summed E-state index contributed by atoms with van der Waals surface area (Å²) < 4.78 is 10.6. The Morgan fingerprint density at radius 3 is 1.90 bits per heavy atom. The highest BCUT2D eigenvalue weighted by molar-refractivity contribution is 5.74. The molecule has 0 amide bonds. The number of carbonyl (C=O) groups is 1. The topological polar surface area (TPSA) is 55.8 Å². The van der Waals surface area contributed by atoms with Crippen LogP contribution in [0.4, 0.5) is 0 Å². The highest BCUT2D eigenvalue weighted by Gasteiger charge is 2.38. The van der Waals surface area contributed by atoms with E-state index in [4.69, 9.17) is 9.47 Å². The molecule has 1 rings (SSSR count). The van der Waals surface area contributed by atoms with Crippen LogP contribution in [0.15, 0.2) is 18.2 Å². The smallest absolute Gasteiger partial charge is 0.309 e. The first-order valence-corrected chi connectivity index (χ1v) is 7.15. The Morgan fingerprint density at radius 1 is 1.10 bits per heavy atom. The molecule has 4 nitrogen and oxygen atoms in total. The minimum absolute atomic E-state index is 0.301. The van der Waals surface area contributed by atoms with E-state index in [2.05, 4.69) is 13.8 Å². The maximum absolute atomic E-state index is 11.6. The summed E-state index contributed by atoms with van der Waals surface area (Å²) in [5.41, 5.74) is -0.0373. The second-order valence-electron chi connectivity index (χ2n) is 6.38. The normalized spacial score (nSPS) is 14.4. The molecular formula is C17H26O4. The summed E-state index contributed by atoms with van der Waals surface area (Å²) in [5.74, 6) is 0.671. The molecule has 0 aliphatic rings. The highest BCUT2D eigenvalue weighted by atomic mass is 16.5. The first kappa shape index (κ1) is 17.3. The van der Waals surface area contributed by atoms with Crippen LogP contribution in [0.2, 0.25) is 0 Å². The molecule has 1 N–H and O–H groups in total. The van der Waals surface area contributed by atoms with E-state index in [0.29, 0.717) is 24.3 Å². The average Bonchev–Trinajstić information content (AvgIpc) is 2.45. The van der Waals surface area contributed by atoms with Crippen molar-refractivity contribution in [3.63, 3.8) is 0 Å². The number of hydrogen-bond acceptors (Lipinski definition) is 3. The predicted octanol–water partition coefficient (Wildman–Crippen LogP) is 3.87. The van der Waals surface area contributed by atoms with Gasteiger partial charge in [-0.2, -0.15) is 0 Å². The molecule has 0 saturated heterocycles. The van der Waals surface area contributed by atoms with Gasteiger partial charge in [-0.15, -0.1) is 0 Å². The number of carboxylic acid groups (broad SMARTS) is 1. The second kappa shape index (κ2) is 6.37. The van der Waals surface area contributed by atoms with Gasteiger partial charge in [0.05, 0.1) is 19.6 Å². The number of rotatable bonds is 7. The Balaban J connectivity index is 3.20. The minimum Gasteiger partial charge on any atom is -0.497 e. The zero-order valence-electron chi connectivity index (χ0n) is 13.8. The maximum atomic E-state index is 11.6. The number of ether oxygens (including phenoxy) is 2. The summed E-state index contributed by atoms with van der Waals surface area (Å²) in [6.45, 7) is 7.82. The number of hydrogen-bond donors (Lipinski definition) is 1. The van der Waals surface area contributed by atoms with Gasteiger partial charge in [0, 0.05) is 6.07 Å². The largest absolute Gasteiger partial charge is 0.497 e. The monoisotopic (exact) mass is 294 g/mol. The summed E-state index contributed by atoms with van der Waals surface area (Å²) in [7, 11) is 3.22. The average molecular weight is 294 g/mol. The number of aliphatic carboxylic acids is 1. The SMILES string of the molecule is CCC(C)(CC(C)(C)c1cc(OC)cc(OC)c1)C(=O)O. The molecule has 4 heteroatoms. The van der Waals surface area contributed by atoms with Crippen LogP contribution >= 0.6 is 0 Å². The van der Waals surface area contributed by atoms with Crippen molar-refractivity contribution >= 4 is 5.97 Å². The van der Waals surface area contributed by atoms with Crippen molar-refractivity contribution in [3.8, 4) is 11.5 Å². The fourth-order valence-corrected chi connectivity index (χ4v) is 2.63. The Kier molecular flexibility index (Phi) is 5.26. The lowest BCUT2D eigenvalue weighted by Crippen LogP contribution is -2.34. The van der Waals surface area contributed by atoms with Gasteiger partial charge < -0.3 is 14.6 Å². The first-order valence-electron chi connectivity index (χ1n) is 7.15. The minimum atomic E-state index is -0.757. The van der Waals surface area contributed by atoms with E-state index < -0.39 is 11.4 Å². The van der Waals surface area contributed by atoms with Crippen LogP contribution in [0.25, 0.3) is 0 Å². The zero-order chi connectivity index (χ0) is 16.3. The molecule has 1 unspecified atom stereocenters. The van der Waals surface area contributed by atoms with Gasteiger partial charge in [-0.1, -0.05) is 20.8 Å². The quantitative estimate of drug-likeness (QED) is 0.829. The lowest BCUT2D eigenvalue weighted by atomic mass is 9.69. The third-order valence-corrected chi connectivity index (χ3v) is 4.26. The molecule has 0 fully saturated rings. The van der Waals surface area contributed by atoms with Crippen LogP contribution in [0, 0.1) is 5.41 Å².